The monoisotopic (exact) mass is 314 g/mol. The average molecular weight is 315 g/mol. The maximum absolute atomic E-state index is 11.9. The number of piperazine rings is 1. The van der Waals surface area contributed by atoms with Gasteiger partial charge in [-0.05, 0) is 30.7 Å². The zero-order valence-corrected chi connectivity index (χ0v) is 13.2. The molecule has 0 bridgehead atoms. The highest BCUT2D eigenvalue weighted by Gasteiger charge is 2.15. The Labute approximate surface area is 132 Å². The zero-order chi connectivity index (χ0) is 14.2. The Morgan fingerprint density at radius 3 is 2.43 bits per heavy atom. The minimum absolute atomic E-state index is 0. The van der Waals surface area contributed by atoms with Crippen LogP contribution >= 0.6 is 12.4 Å². The molecule has 1 saturated heterocycles. The van der Waals surface area contributed by atoms with Gasteiger partial charge < -0.3 is 19.7 Å². The first-order chi connectivity index (χ1) is 9.79. The summed E-state index contributed by atoms with van der Waals surface area (Å²) in [4.78, 5) is 13.8. The summed E-state index contributed by atoms with van der Waals surface area (Å²) in [6.07, 6.45) is 1.30. The number of methoxy groups -OCH3 is 1. The van der Waals surface area contributed by atoms with Crippen molar-refractivity contribution < 1.29 is 14.3 Å². The molecule has 1 fully saturated rings. The molecule has 5 nitrogen and oxygen atoms in total. The van der Waals surface area contributed by atoms with Gasteiger partial charge in [-0.1, -0.05) is 0 Å². The lowest BCUT2D eigenvalue weighted by Crippen LogP contribution is -2.46. The Morgan fingerprint density at radius 2 is 1.81 bits per heavy atom. The summed E-state index contributed by atoms with van der Waals surface area (Å²) in [6.45, 7) is 3.99. The highest BCUT2D eigenvalue weighted by molar-refractivity contribution is 5.85. The van der Waals surface area contributed by atoms with Crippen molar-refractivity contribution in [3.05, 3.63) is 24.3 Å². The fraction of sp³-hybridized carbons (Fsp3) is 0.533. The number of ether oxygens (including phenoxy) is 2. The van der Waals surface area contributed by atoms with E-state index in [-0.39, 0.29) is 18.3 Å². The summed E-state index contributed by atoms with van der Waals surface area (Å²) >= 11 is 0. The zero-order valence-electron chi connectivity index (χ0n) is 12.3. The van der Waals surface area contributed by atoms with E-state index in [0.29, 0.717) is 13.0 Å². The summed E-state index contributed by atoms with van der Waals surface area (Å²) in [5.74, 6) is 1.84. The van der Waals surface area contributed by atoms with Crippen LogP contribution in [-0.4, -0.2) is 50.7 Å². The van der Waals surface area contributed by atoms with Crippen molar-refractivity contribution in [2.24, 2.45) is 0 Å². The normalized spacial score (nSPS) is 14.2. The SMILES string of the molecule is COc1ccc(OCCCC(=O)N2CCNCC2)cc1.Cl. The van der Waals surface area contributed by atoms with Crippen molar-refractivity contribution in [2.75, 3.05) is 39.9 Å². The van der Waals surface area contributed by atoms with Gasteiger partial charge in [0, 0.05) is 32.6 Å². The van der Waals surface area contributed by atoms with Crippen LogP contribution in [0.5, 0.6) is 11.5 Å². The van der Waals surface area contributed by atoms with Crippen molar-refractivity contribution in [1.82, 2.24) is 10.2 Å². The molecule has 1 aliphatic heterocycles. The molecular formula is C15H23ClN2O3. The van der Waals surface area contributed by atoms with Gasteiger partial charge in [0.25, 0.3) is 0 Å². The number of nitrogens with one attached hydrogen (secondary N) is 1. The molecular weight excluding hydrogens is 292 g/mol. The molecule has 1 aliphatic rings. The van der Waals surface area contributed by atoms with Crippen molar-refractivity contribution in [3.63, 3.8) is 0 Å². The van der Waals surface area contributed by atoms with E-state index < -0.39 is 0 Å². The maximum Gasteiger partial charge on any atom is 0.222 e. The van der Waals surface area contributed by atoms with E-state index in [0.717, 1.165) is 44.1 Å². The molecule has 0 spiro atoms. The number of benzene rings is 1. The van der Waals surface area contributed by atoms with Crippen LogP contribution in [0, 0.1) is 0 Å². The third-order valence-electron chi connectivity index (χ3n) is 3.33. The molecule has 0 saturated carbocycles. The lowest BCUT2D eigenvalue weighted by atomic mass is 10.2. The molecule has 1 aromatic carbocycles. The van der Waals surface area contributed by atoms with Gasteiger partial charge in [-0.25, -0.2) is 0 Å². The van der Waals surface area contributed by atoms with Gasteiger partial charge in [0.2, 0.25) is 5.91 Å². The summed E-state index contributed by atoms with van der Waals surface area (Å²) in [7, 11) is 1.64. The molecule has 1 N–H and O–H groups in total. The molecule has 1 amide bonds. The lowest BCUT2D eigenvalue weighted by molar-refractivity contribution is -0.132. The number of rotatable bonds is 6. The largest absolute Gasteiger partial charge is 0.497 e. The van der Waals surface area contributed by atoms with E-state index in [1.807, 2.05) is 29.2 Å². The fourth-order valence-corrected chi connectivity index (χ4v) is 2.16. The second-order valence-electron chi connectivity index (χ2n) is 4.76. The smallest absolute Gasteiger partial charge is 0.222 e. The molecule has 6 heteroatoms. The van der Waals surface area contributed by atoms with E-state index in [1.54, 1.807) is 7.11 Å². The summed E-state index contributed by atoms with van der Waals surface area (Å²) in [5, 5.41) is 3.24. The Kier molecular flexibility index (Phi) is 7.93. The van der Waals surface area contributed by atoms with E-state index in [4.69, 9.17) is 9.47 Å². The van der Waals surface area contributed by atoms with Crippen molar-refractivity contribution in [3.8, 4) is 11.5 Å². The van der Waals surface area contributed by atoms with Crippen LogP contribution < -0.4 is 14.8 Å². The minimum Gasteiger partial charge on any atom is -0.497 e. The highest BCUT2D eigenvalue weighted by atomic mass is 35.5. The quantitative estimate of drug-likeness (QED) is 0.812. The predicted octanol–water partition coefficient (Wildman–Crippen LogP) is 1.71. The molecule has 0 radical (unpaired) electrons. The first kappa shape index (κ1) is 17.6. The number of carbonyl (C=O) groups excluding carboxylic acids is 1. The van der Waals surface area contributed by atoms with Crippen LogP contribution in [0.25, 0.3) is 0 Å². The number of amides is 1. The summed E-state index contributed by atoms with van der Waals surface area (Å²) < 4.78 is 10.7. The Hall–Kier alpha value is -1.46. The van der Waals surface area contributed by atoms with Gasteiger partial charge in [-0.3, -0.25) is 4.79 Å². The first-order valence-corrected chi connectivity index (χ1v) is 7.05. The van der Waals surface area contributed by atoms with Crippen LogP contribution in [0.4, 0.5) is 0 Å². The molecule has 21 heavy (non-hydrogen) atoms. The van der Waals surface area contributed by atoms with E-state index in [9.17, 15) is 4.79 Å². The maximum atomic E-state index is 11.9. The Balaban J connectivity index is 0.00000220. The predicted molar refractivity (Wildman–Crippen MR) is 84.4 cm³/mol. The van der Waals surface area contributed by atoms with Crippen molar-refractivity contribution >= 4 is 18.3 Å². The second-order valence-corrected chi connectivity index (χ2v) is 4.76. The standard InChI is InChI=1S/C15H22N2O3.ClH/c1-19-13-4-6-14(7-5-13)20-12-2-3-15(18)17-10-8-16-9-11-17;/h4-7,16H,2-3,8-12H2,1H3;1H. The van der Waals surface area contributed by atoms with Crippen LogP contribution in [0.3, 0.4) is 0 Å². The minimum atomic E-state index is 0. The molecule has 0 unspecified atom stereocenters. The van der Waals surface area contributed by atoms with Crippen molar-refractivity contribution in [2.45, 2.75) is 12.8 Å². The molecule has 1 heterocycles. The fourth-order valence-electron chi connectivity index (χ4n) is 2.16. The number of carbonyl (C=O) groups is 1. The van der Waals surface area contributed by atoms with Gasteiger partial charge in [0.05, 0.1) is 13.7 Å². The number of hydrogen-bond donors (Lipinski definition) is 1. The van der Waals surface area contributed by atoms with Gasteiger partial charge in [-0.15, -0.1) is 12.4 Å². The number of hydrogen-bond acceptors (Lipinski definition) is 4. The van der Waals surface area contributed by atoms with Crippen LogP contribution in [0.1, 0.15) is 12.8 Å². The Morgan fingerprint density at radius 1 is 1.19 bits per heavy atom. The van der Waals surface area contributed by atoms with Gasteiger partial charge in [0.15, 0.2) is 0 Å². The molecule has 0 atom stereocenters. The first-order valence-electron chi connectivity index (χ1n) is 7.05. The van der Waals surface area contributed by atoms with Crippen LogP contribution in [0.2, 0.25) is 0 Å². The molecule has 2 rings (SSSR count). The van der Waals surface area contributed by atoms with Crippen LogP contribution in [0.15, 0.2) is 24.3 Å². The topological polar surface area (TPSA) is 50.8 Å². The van der Waals surface area contributed by atoms with Crippen LogP contribution in [-0.2, 0) is 4.79 Å². The second kappa shape index (κ2) is 9.47. The molecule has 1 aromatic rings. The molecule has 0 aromatic heterocycles. The van der Waals surface area contributed by atoms with E-state index in [2.05, 4.69) is 5.32 Å². The number of nitrogens with zero attached hydrogens (tertiary/aromatic N) is 1. The third kappa shape index (κ3) is 5.81. The van der Waals surface area contributed by atoms with E-state index in [1.165, 1.54) is 0 Å². The highest BCUT2D eigenvalue weighted by Crippen LogP contribution is 2.17. The Bertz CT molecular complexity index is 419. The molecule has 0 aliphatic carbocycles. The van der Waals surface area contributed by atoms with E-state index >= 15 is 0 Å². The molecule has 118 valence electrons. The van der Waals surface area contributed by atoms with Gasteiger partial charge in [-0.2, -0.15) is 0 Å². The summed E-state index contributed by atoms with van der Waals surface area (Å²) in [5.41, 5.74) is 0. The number of halogens is 1. The van der Waals surface area contributed by atoms with Gasteiger partial charge in [0.1, 0.15) is 11.5 Å². The van der Waals surface area contributed by atoms with Crippen molar-refractivity contribution in [1.29, 1.82) is 0 Å². The summed E-state index contributed by atoms with van der Waals surface area (Å²) in [6, 6.07) is 7.47. The average Bonchev–Trinajstić information content (AvgIpc) is 2.53. The van der Waals surface area contributed by atoms with Gasteiger partial charge >= 0.3 is 0 Å². The third-order valence-corrected chi connectivity index (χ3v) is 3.33. The lowest BCUT2D eigenvalue weighted by Gasteiger charge is -2.27.